The van der Waals surface area contributed by atoms with E-state index in [-0.39, 0.29) is 6.04 Å². The number of alkyl halides is 3. The van der Waals surface area contributed by atoms with Gasteiger partial charge in [-0.05, 0) is 43.9 Å². The van der Waals surface area contributed by atoms with Crippen molar-refractivity contribution in [3.63, 3.8) is 0 Å². The lowest BCUT2D eigenvalue weighted by Crippen LogP contribution is -2.34. The molecule has 1 fully saturated rings. The van der Waals surface area contributed by atoms with Gasteiger partial charge in [0.25, 0.3) is 0 Å². The Labute approximate surface area is 111 Å². The van der Waals surface area contributed by atoms with E-state index in [4.69, 9.17) is 0 Å². The Bertz CT molecular complexity index is 413. The van der Waals surface area contributed by atoms with Crippen molar-refractivity contribution in [2.75, 3.05) is 6.54 Å². The zero-order valence-corrected chi connectivity index (χ0v) is 11.0. The molecule has 0 saturated heterocycles. The maximum absolute atomic E-state index is 12.6. The molecule has 19 heavy (non-hydrogen) atoms. The van der Waals surface area contributed by atoms with Gasteiger partial charge in [-0.25, -0.2) is 0 Å². The predicted octanol–water partition coefficient (Wildman–Crippen LogP) is 3.42. The number of nitrogens with zero attached hydrogens (tertiary/aromatic N) is 1. The van der Waals surface area contributed by atoms with Gasteiger partial charge in [-0.15, -0.1) is 0 Å². The van der Waals surface area contributed by atoms with Crippen LogP contribution in [-0.2, 0) is 12.6 Å². The maximum Gasteiger partial charge on any atom is 0.416 e. The van der Waals surface area contributed by atoms with Crippen LogP contribution in [0.1, 0.15) is 37.4 Å². The molecule has 1 saturated carbocycles. The van der Waals surface area contributed by atoms with E-state index in [9.17, 15) is 13.2 Å². The van der Waals surface area contributed by atoms with Crippen molar-refractivity contribution in [1.29, 1.82) is 0 Å². The van der Waals surface area contributed by atoms with Crippen molar-refractivity contribution in [3.05, 3.63) is 29.6 Å². The molecule has 5 heteroatoms. The van der Waals surface area contributed by atoms with Crippen LogP contribution < -0.4 is 5.32 Å². The topological polar surface area (TPSA) is 24.9 Å². The van der Waals surface area contributed by atoms with E-state index in [0.29, 0.717) is 18.0 Å². The maximum atomic E-state index is 12.6. The number of hydrogen-bond donors (Lipinski definition) is 1. The molecule has 1 aliphatic carbocycles. The lowest BCUT2D eigenvalue weighted by molar-refractivity contribution is -0.137. The van der Waals surface area contributed by atoms with Crippen molar-refractivity contribution < 1.29 is 13.2 Å². The van der Waals surface area contributed by atoms with E-state index in [1.165, 1.54) is 25.1 Å². The summed E-state index contributed by atoms with van der Waals surface area (Å²) in [6.45, 7) is 2.99. The monoisotopic (exact) mass is 272 g/mol. The van der Waals surface area contributed by atoms with Crippen LogP contribution in [-0.4, -0.2) is 17.6 Å². The molecule has 1 unspecified atom stereocenters. The molecule has 0 bridgehead atoms. The van der Waals surface area contributed by atoms with Crippen LogP contribution >= 0.6 is 0 Å². The normalized spacial score (nSPS) is 17.5. The summed E-state index contributed by atoms with van der Waals surface area (Å²) in [6.07, 6.45) is 0.903. The summed E-state index contributed by atoms with van der Waals surface area (Å²) in [5.74, 6) is 0.600. The first-order valence-corrected chi connectivity index (χ1v) is 6.76. The fourth-order valence-electron chi connectivity index (χ4n) is 2.23. The van der Waals surface area contributed by atoms with Gasteiger partial charge >= 0.3 is 6.18 Å². The van der Waals surface area contributed by atoms with Gasteiger partial charge < -0.3 is 5.32 Å². The molecule has 106 valence electrons. The van der Waals surface area contributed by atoms with E-state index >= 15 is 0 Å². The summed E-state index contributed by atoms with van der Waals surface area (Å²) in [6, 6.07) is 2.45. The molecule has 1 N–H and O–H groups in total. The van der Waals surface area contributed by atoms with Crippen molar-refractivity contribution >= 4 is 0 Å². The van der Waals surface area contributed by atoms with Crippen molar-refractivity contribution in [1.82, 2.24) is 10.3 Å². The van der Waals surface area contributed by atoms with Crippen LogP contribution in [0.15, 0.2) is 18.3 Å². The SMILES string of the molecule is CCCNC(Cc1cc(C(F)(F)F)ccn1)C1CC1. The zero-order valence-electron chi connectivity index (χ0n) is 11.0. The van der Waals surface area contributed by atoms with Crippen LogP contribution in [0.25, 0.3) is 0 Å². The number of hydrogen-bond acceptors (Lipinski definition) is 2. The minimum Gasteiger partial charge on any atom is -0.313 e. The standard InChI is InChI=1S/C14H19F3N2/c1-2-6-19-13(10-3-4-10)9-12-8-11(5-7-18-12)14(15,16)17/h5,7-8,10,13,19H,2-4,6,9H2,1H3. The molecular weight excluding hydrogens is 253 g/mol. The van der Waals surface area contributed by atoms with Crippen LogP contribution in [0.3, 0.4) is 0 Å². The summed E-state index contributed by atoms with van der Waals surface area (Å²) in [5.41, 5.74) is -0.0853. The van der Waals surface area contributed by atoms with E-state index in [1.807, 2.05) is 0 Å². The highest BCUT2D eigenvalue weighted by Gasteiger charge is 2.33. The largest absolute Gasteiger partial charge is 0.416 e. The molecule has 2 rings (SSSR count). The van der Waals surface area contributed by atoms with Gasteiger partial charge in [-0.2, -0.15) is 13.2 Å². The summed E-state index contributed by atoms with van der Waals surface area (Å²) in [4.78, 5) is 4.07. The highest BCUT2D eigenvalue weighted by Crippen LogP contribution is 2.34. The Morgan fingerprint density at radius 1 is 1.42 bits per heavy atom. The van der Waals surface area contributed by atoms with Gasteiger partial charge in [-0.1, -0.05) is 6.92 Å². The quantitative estimate of drug-likeness (QED) is 0.858. The molecule has 0 amide bonds. The minimum absolute atomic E-state index is 0.260. The molecule has 1 aromatic heterocycles. The minimum atomic E-state index is -4.29. The molecule has 0 aromatic carbocycles. The summed E-state index contributed by atoms with van der Waals surface area (Å²) in [5, 5.41) is 3.42. The van der Waals surface area contributed by atoms with Crippen LogP contribution in [0.2, 0.25) is 0 Å². The molecule has 0 spiro atoms. The zero-order chi connectivity index (χ0) is 13.9. The Hall–Kier alpha value is -1.10. The molecule has 0 aliphatic heterocycles. The molecule has 0 radical (unpaired) electrons. The first-order valence-electron chi connectivity index (χ1n) is 6.76. The van der Waals surface area contributed by atoms with E-state index in [0.717, 1.165) is 19.0 Å². The third kappa shape index (κ3) is 4.20. The summed E-state index contributed by atoms with van der Waals surface area (Å²) in [7, 11) is 0. The molecule has 1 aromatic rings. The van der Waals surface area contributed by atoms with Gasteiger partial charge in [0.05, 0.1) is 5.56 Å². The summed E-state index contributed by atoms with van der Waals surface area (Å²) < 4.78 is 37.9. The number of pyridine rings is 1. The molecule has 1 heterocycles. The molecule has 1 atom stereocenters. The fraction of sp³-hybridized carbons (Fsp3) is 0.643. The Morgan fingerprint density at radius 2 is 2.16 bits per heavy atom. The number of aromatic nitrogens is 1. The van der Waals surface area contributed by atoms with Gasteiger partial charge in [0, 0.05) is 24.4 Å². The van der Waals surface area contributed by atoms with Crippen LogP contribution in [0.4, 0.5) is 13.2 Å². The summed E-state index contributed by atoms with van der Waals surface area (Å²) >= 11 is 0. The van der Waals surface area contributed by atoms with Gasteiger partial charge in [0.15, 0.2) is 0 Å². The second kappa shape index (κ2) is 5.90. The Balaban J connectivity index is 2.04. The molecule has 1 aliphatic rings. The van der Waals surface area contributed by atoms with Crippen molar-refractivity contribution in [3.8, 4) is 0 Å². The second-order valence-electron chi connectivity index (χ2n) is 5.14. The molecule has 2 nitrogen and oxygen atoms in total. The van der Waals surface area contributed by atoms with E-state index in [1.54, 1.807) is 0 Å². The van der Waals surface area contributed by atoms with E-state index in [2.05, 4.69) is 17.2 Å². The van der Waals surface area contributed by atoms with Gasteiger partial charge in [-0.3, -0.25) is 4.98 Å². The number of nitrogens with one attached hydrogen (secondary N) is 1. The Kier molecular flexibility index (Phi) is 4.45. The number of halogens is 3. The third-order valence-corrected chi connectivity index (χ3v) is 3.42. The average Bonchev–Trinajstić information content (AvgIpc) is 3.18. The highest BCUT2D eigenvalue weighted by molar-refractivity contribution is 5.20. The second-order valence-corrected chi connectivity index (χ2v) is 5.14. The van der Waals surface area contributed by atoms with Crippen molar-refractivity contribution in [2.24, 2.45) is 5.92 Å². The lowest BCUT2D eigenvalue weighted by Gasteiger charge is -2.18. The van der Waals surface area contributed by atoms with Gasteiger partial charge in [0.2, 0.25) is 0 Å². The van der Waals surface area contributed by atoms with E-state index < -0.39 is 11.7 Å². The number of rotatable bonds is 6. The third-order valence-electron chi connectivity index (χ3n) is 3.42. The predicted molar refractivity (Wildman–Crippen MR) is 67.7 cm³/mol. The molecular formula is C14H19F3N2. The fourth-order valence-corrected chi connectivity index (χ4v) is 2.23. The van der Waals surface area contributed by atoms with Crippen LogP contribution in [0, 0.1) is 5.92 Å². The van der Waals surface area contributed by atoms with Gasteiger partial charge in [0.1, 0.15) is 0 Å². The smallest absolute Gasteiger partial charge is 0.313 e. The van der Waals surface area contributed by atoms with Crippen LogP contribution in [0.5, 0.6) is 0 Å². The first kappa shape index (κ1) is 14.3. The Morgan fingerprint density at radius 3 is 2.74 bits per heavy atom. The first-order chi connectivity index (χ1) is 9.00. The highest BCUT2D eigenvalue weighted by atomic mass is 19.4. The average molecular weight is 272 g/mol. The van der Waals surface area contributed by atoms with Crippen molar-refractivity contribution in [2.45, 2.75) is 44.8 Å². The lowest BCUT2D eigenvalue weighted by atomic mass is 10.0.